The Hall–Kier alpha value is -2.16. The summed E-state index contributed by atoms with van der Waals surface area (Å²) < 4.78 is 6.10. The molecule has 1 aromatic carbocycles. The molecule has 0 saturated carbocycles. The highest BCUT2D eigenvalue weighted by molar-refractivity contribution is 14.1. The molecule has 0 aliphatic carbocycles. The van der Waals surface area contributed by atoms with E-state index >= 15 is 0 Å². The monoisotopic (exact) mass is 405 g/mol. The highest BCUT2D eigenvalue weighted by atomic mass is 127. The molecular formula is C15H12IN5O. The molecule has 0 N–H and O–H groups in total. The first-order valence-corrected chi connectivity index (χ1v) is 7.85. The van der Waals surface area contributed by atoms with Crippen LogP contribution >= 0.6 is 22.6 Å². The van der Waals surface area contributed by atoms with Crippen molar-refractivity contribution < 1.29 is 0 Å². The van der Waals surface area contributed by atoms with Crippen molar-refractivity contribution in [2.45, 2.75) is 6.54 Å². The van der Waals surface area contributed by atoms with Crippen LogP contribution in [0.15, 0.2) is 47.7 Å². The topological polar surface area (TPSA) is 57.1 Å². The minimum Gasteiger partial charge on any atom is -0.320 e. The van der Waals surface area contributed by atoms with Crippen LogP contribution in [0.3, 0.4) is 0 Å². The summed E-state index contributed by atoms with van der Waals surface area (Å²) in [6.07, 6.45) is 3.46. The van der Waals surface area contributed by atoms with Gasteiger partial charge in [0, 0.05) is 19.8 Å². The summed E-state index contributed by atoms with van der Waals surface area (Å²) in [4.78, 5) is 21.6. The van der Waals surface area contributed by atoms with Crippen LogP contribution < -0.4 is 5.56 Å². The van der Waals surface area contributed by atoms with Crippen LogP contribution in [-0.2, 0) is 13.6 Å². The summed E-state index contributed by atoms with van der Waals surface area (Å²) in [6, 6.07) is 10.0. The maximum Gasteiger partial charge on any atom is 0.285 e. The standard InChI is InChI=1S/C15H12IN5O/c1-19-13-12(14(22)21-8-11(16)18-15(19)21)20(9-17-13)7-10-5-3-2-4-6-10/h2-6,8-9H,7H2,1H3. The lowest BCUT2D eigenvalue weighted by molar-refractivity contribution is 0.815. The van der Waals surface area contributed by atoms with Crippen LogP contribution in [0.2, 0.25) is 0 Å². The number of aromatic nitrogens is 5. The van der Waals surface area contributed by atoms with Crippen LogP contribution in [0.1, 0.15) is 5.56 Å². The summed E-state index contributed by atoms with van der Waals surface area (Å²) in [5, 5.41) is 0. The molecule has 0 atom stereocenters. The van der Waals surface area contributed by atoms with Gasteiger partial charge in [-0.3, -0.25) is 9.36 Å². The Morgan fingerprint density at radius 1 is 1.23 bits per heavy atom. The lowest BCUT2D eigenvalue weighted by Crippen LogP contribution is -2.19. The second kappa shape index (κ2) is 4.94. The second-order valence-corrected chi connectivity index (χ2v) is 6.23. The third kappa shape index (κ3) is 1.96. The third-order valence-electron chi connectivity index (χ3n) is 3.71. The molecule has 0 amide bonds. The number of rotatable bonds is 2. The zero-order valence-electron chi connectivity index (χ0n) is 11.8. The Morgan fingerprint density at radius 2 is 2.00 bits per heavy atom. The second-order valence-electron chi connectivity index (χ2n) is 5.13. The van der Waals surface area contributed by atoms with Crippen LogP contribution in [0.25, 0.3) is 16.9 Å². The first-order chi connectivity index (χ1) is 10.6. The first kappa shape index (κ1) is 13.5. The van der Waals surface area contributed by atoms with Gasteiger partial charge in [-0.05, 0) is 28.2 Å². The number of hydrogen-bond acceptors (Lipinski definition) is 3. The van der Waals surface area contributed by atoms with Crippen molar-refractivity contribution >= 4 is 39.5 Å². The Kier molecular flexibility index (Phi) is 3.03. The predicted octanol–water partition coefficient (Wildman–Crippen LogP) is 2.04. The number of halogens is 1. The van der Waals surface area contributed by atoms with E-state index in [0.717, 1.165) is 9.26 Å². The highest BCUT2D eigenvalue weighted by Gasteiger charge is 2.15. The summed E-state index contributed by atoms with van der Waals surface area (Å²) in [5.41, 5.74) is 2.28. The predicted molar refractivity (Wildman–Crippen MR) is 92.0 cm³/mol. The van der Waals surface area contributed by atoms with Gasteiger partial charge < -0.3 is 4.57 Å². The smallest absolute Gasteiger partial charge is 0.285 e. The molecule has 0 unspecified atom stereocenters. The van der Waals surface area contributed by atoms with Gasteiger partial charge >= 0.3 is 0 Å². The van der Waals surface area contributed by atoms with E-state index in [1.807, 2.05) is 46.5 Å². The average molecular weight is 405 g/mol. The Bertz CT molecular complexity index is 1040. The number of aryl methyl sites for hydroxylation is 1. The van der Waals surface area contributed by atoms with Crippen molar-refractivity contribution in [1.29, 1.82) is 0 Å². The van der Waals surface area contributed by atoms with Crippen LogP contribution in [0.4, 0.5) is 0 Å². The third-order valence-corrected chi connectivity index (χ3v) is 4.23. The van der Waals surface area contributed by atoms with Gasteiger partial charge in [0.05, 0.1) is 6.33 Å². The van der Waals surface area contributed by atoms with Gasteiger partial charge in [-0.2, -0.15) is 0 Å². The molecule has 3 aromatic heterocycles. The summed E-state index contributed by atoms with van der Waals surface area (Å²) in [6.45, 7) is 0.615. The molecule has 0 spiro atoms. The zero-order chi connectivity index (χ0) is 15.3. The van der Waals surface area contributed by atoms with Crippen molar-refractivity contribution in [3.8, 4) is 0 Å². The number of nitrogens with zero attached hydrogens (tertiary/aromatic N) is 5. The fourth-order valence-corrected chi connectivity index (χ4v) is 3.17. The van der Waals surface area contributed by atoms with Gasteiger partial charge in [0.15, 0.2) is 11.2 Å². The Morgan fingerprint density at radius 3 is 2.77 bits per heavy atom. The highest BCUT2D eigenvalue weighted by Crippen LogP contribution is 2.14. The molecule has 4 aromatic rings. The number of fused-ring (bicyclic) bond motifs is 2. The summed E-state index contributed by atoms with van der Waals surface area (Å²) in [7, 11) is 1.88. The van der Waals surface area contributed by atoms with Crippen LogP contribution in [-0.4, -0.2) is 23.5 Å². The molecule has 0 fully saturated rings. The van der Waals surface area contributed by atoms with E-state index in [4.69, 9.17) is 0 Å². The van der Waals surface area contributed by atoms with E-state index in [-0.39, 0.29) is 5.56 Å². The maximum absolute atomic E-state index is 12.8. The fourth-order valence-electron chi connectivity index (χ4n) is 2.67. The van der Waals surface area contributed by atoms with E-state index in [0.29, 0.717) is 23.5 Å². The van der Waals surface area contributed by atoms with Gasteiger partial charge in [-0.1, -0.05) is 30.3 Å². The molecule has 110 valence electrons. The summed E-state index contributed by atoms with van der Waals surface area (Å²) >= 11 is 2.11. The number of benzene rings is 1. The van der Waals surface area contributed by atoms with Gasteiger partial charge in [0.2, 0.25) is 5.78 Å². The van der Waals surface area contributed by atoms with Crippen molar-refractivity contribution in [2.75, 3.05) is 0 Å². The molecule has 4 rings (SSSR count). The largest absolute Gasteiger partial charge is 0.320 e. The van der Waals surface area contributed by atoms with E-state index in [1.165, 1.54) is 0 Å². The number of imidazole rings is 2. The zero-order valence-corrected chi connectivity index (χ0v) is 13.9. The maximum atomic E-state index is 12.8. The normalized spacial score (nSPS) is 11.5. The van der Waals surface area contributed by atoms with E-state index in [1.54, 1.807) is 16.9 Å². The molecular weight excluding hydrogens is 393 g/mol. The average Bonchev–Trinajstić information content (AvgIpc) is 3.10. The molecule has 0 bridgehead atoms. The molecule has 22 heavy (non-hydrogen) atoms. The molecule has 0 radical (unpaired) electrons. The van der Waals surface area contributed by atoms with Crippen LogP contribution in [0.5, 0.6) is 0 Å². The fraction of sp³-hybridized carbons (Fsp3) is 0.133. The summed E-state index contributed by atoms with van der Waals surface area (Å²) in [5.74, 6) is 0.604. The van der Waals surface area contributed by atoms with Gasteiger partial charge in [0.1, 0.15) is 3.70 Å². The van der Waals surface area contributed by atoms with Crippen molar-refractivity contribution in [2.24, 2.45) is 7.05 Å². The minimum atomic E-state index is -0.0908. The Labute approximate surface area is 139 Å². The lowest BCUT2D eigenvalue weighted by atomic mass is 10.2. The molecule has 0 aliphatic heterocycles. The molecule has 0 aliphatic rings. The van der Waals surface area contributed by atoms with Crippen LogP contribution in [0, 0.1) is 3.70 Å². The SMILES string of the molecule is Cn1c2ncn(Cc3ccccc3)c2c(=O)n2cc(I)nc12. The van der Waals surface area contributed by atoms with Gasteiger partial charge in [-0.25, -0.2) is 14.4 Å². The Balaban J connectivity index is 2.00. The van der Waals surface area contributed by atoms with E-state index in [9.17, 15) is 4.79 Å². The lowest BCUT2D eigenvalue weighted by Gasteiger charge is -2.06. The van der Waals surface area contributed by atoms with E-state index in [2.05, 4.69) is 32.6 Å². The number of hydrogen-bond donors (Lipinski definition) is 0. The quantitative estimate of drug-likeness (QED) is 0.480. The van der Waals surface area contributed by atoms with Gasteiger partial charge in [-0.15, -0.1) is 0 Å². The van der Waals surface area contributed by atoms with Gasteiger partial charge in [0.25, 0.3) is 5.56 Å². The van der Waals surface area contributed by atoms with Crippen molar-refractivity contribution in [3.05, 3.63) is 62.5 Å². The minimum absolute atomic E-state index is 0.0908. The molecule has 0 saturated heterocycles. The van der Waals surface area contributed by atoms with Crippen molar-refractivity contribution in [1.82, 2.24) is 23.5 Å². The molecule has 6 nitrogen and oxygen atoms in total. The molecule has 3 heterocycles. The van der Waals surface area contributed by atoms with Crippen molar-refractivity contribution in [3.63, 3.8) is 0 Å². The van der Waals surface area contributed by atoms with E-state index < -0.39 is 0 Å². The molecule has 7 heteroatoms. The first-order valence-electron chi connectivity index (χ1n) is 6.77.